The Bertz CT molecular complexity index is 815. The maximum Gasteiger partial charge on any atom is 0.433 e. The third-order valence-electron chi connectivity index (χ3n) is 4.51. The highest BCUT2D eigenvalue weighted by Crippen LogP contribution is 2.29. The fourth-order valence-electron chi connectivity index (χ4n) is 3.11. The van der Waals surface area contributed by atoms with Crippen molar-refractivity contribution in [1.82, 2.24) is 14.9 Å². The zero-order valence-corrected chi connectivity index (χ0v) is 14.2. The molecule has 26 heavy (non-hydrogen) atoms. The first kappa shape index (κ1) is 18.1. The largest absolute Gasteiger partial charge is 0.433 e. The van der Waals surface area contributed by atoms with Crippen LogP contribution in [0.5, 0.6) is 0 Å². The molecule has 1 aromatic heterocycles. The average molecular weight is 361 g/mol. The summed E-state index contributed by atoms with van der Waals surface area (Å²) in [5, 5.41) is 8.98. The maximum absolute atomic E-state index is 12.8. The van der Waals surface area contributed by atoms with Crippen LogP contribution in [0.4, 0.5) is 19.1 Å². The van der Waals surface area contributed by atoms with Crippen LogP contribution in [0.2, 0.25) is 0 Å². The summed E-state index contributed by atoms with van der Waals surface area (Å²) in [6, 6.07) is 10.5. The summed E-state index contributed by atoms with van der Waals surface area (Å²) < 4.78 is 38.5. The van der Waals surface area contributed by atoms with Gasteiger partial charge in [-0.2, -0.15) is 18.4 Å². The van der Waals surface area contributed by atoms with Gasteiger partial charge in [0.25, 0.3) is 0 Å². The zero-order valence-electron chi connectivity index (χ0n) is 14.2. The molecule has 1 atom stereocenters. The minimum Gasteiger partial charge on any atom is -0.340 e. The molecule has 1 aliphatic rings. The smallest absolute Gasteiger partial charge is 0.340 e. The van der Waals surface area contributed by atoms with Gasteiger partial charge in [0.2, 0.25) is 5.95 Å². The molecule has 3 rings (SSSR count). The molecule has 0 saturated carbocycles. The number of hydrogen-bond acceptors (Lipinski definition) is 5. The number of alkyl halides is 3. The second kappa shape index (κ2) is 7.30. The van der Waals surface area contributed by atoms with E-state index in [9.17, 15) is 13.2 Å². The lowest BCUT2D eigenvalue weighted by Crippen LogP contribution is -2.35. The zero-order chi connectivity index (χ0) is 18.7. The molecule has 2 heterocycles. The number of likely N-dealkylation sites (tertiary alicyclic amines) is 1. The van der Waals surface area contributed by atoms with Crippen LogP contribution in [0.15, 0.2) is 36.5 Å². The van der Waals surface area contributed by atoms with E-state index in [-0.39, 0.29) is 12.0 Å². The highest BCUT2D eigenvalue weighted by Gasteiger charge is 2.34. The molecule has 1 saturated heterocycles. The second-order valence-corrected chi connectivity index (χ2v) is 6.34. The van der Waals surface area contributed by atoms with Gasteiger partial charge in [-0.15, -0.1) is 0 Å². The summed E-state index contributed by atoms with van der Waals surface area (Å²) >= 11 is 0. The minimum absolute atomic E-state index is 0.0395. The predicted molar refractivity (Wildman–Crippen MR) is 90.3 cm³/mol. The van der Waals surface area contributed by atoms with E-state index in [2.05, 4.69) is 20.9 Å². The molecule has 8 heteroatoms. The highest BCUT2D eigenvalue weighted by atomic mass is 19.4. The highest BCUT2D eigenvalue weighted by molar-refractivity contribution is 5.34. The van der Waals surface area contributed by atoms with E-state index in [4.69, 9.17) is 5.26 Å². The molecular weight excluding hydrogens is 343 g/mol. The number of benzene rings is 1. The van der Waals surface area contributed by atoms with Crippen LogP contribution in [0.25, 0.3) is 0 Å². The van der Waals surface area contributed by atoms with Crippen molar-refractivity contribution in [3.8, 4) is 6.07 Å². The van der Waals surface area contributed by atoms with Crippen LogP contribution in [0.1, 0.15) is 23.2 Å². The second-order valence-electron chi connectivity index (χ2n) is 6.34. The third-order valence-corrected chi connectivity index (χ3v) is 4.51. The van der Waals surface area contributed by atoms with Crippen LogP contribution < -0.4 is 4.90 Å². The van der Waals surface area contributed by atoms with E-state index in [1.165, 1.54) is 0 Å². The number of hydrogen-bond donors (Lipinski definition) is 0. The number of nitriles is 1. The van der Waals surface area contributed by atoms with Crippen LogP contribution in [0, 0.1) is 11.3 Å². The number of nitrogens with zero attached hydrogens (tertiary/aromatic N) is 5. The third kappa shape index (κ3) is 4.11. The van der Waals surface area contributed by atoms with Crippen LogP contribution >= 0.6 is 0 Å². The van der Waals surface area contributed by atoms with Crippen molar-refractivity contribution in [2.75, 3.05) is 25.0 Å². The number of rotatable bonds is 4. The molecule has 1 aliphatic heterocycles. The van der Waals surface area contributed by atoms with E-state index in [1.807, 2.05) is 18.2 Å². The van der Waals surface area contributed by atoms with Gasteiger partial charge < -0.3 is 4.90 Å². The van der Waals surface area contributed by atoms with Gasteiger partial charge in [0.1, 0.15) is 5.69 Å². The van der Waals surface area contributed by atoms with Crippen molar-refractivity contribution in [3.63, 3.8) is 0 Å². The maximum atomic E-state index is 12.8. The van der Waals surface area contributed by atoms with E-state index in [0.717, 1.165) is 30.8 Å². The first-order chi connectivity index (χ1) is 12.4. The molecule has 2 aromatic rings. The van der Waals surface area contributed by atoms with Gasteiger partial charge in [0, 0.05) is 38.9 Å². The molecule has 0 aliphatic carbocycles. The van der Waals surface area contributed by atoms with Gasteiger partial charge in [-0.25, -0.2) is 9.97 Å². The molecule has 1 aromatic carbocycles. The van der Waals surface area contributed by atoms with Gasteiger partial charge in [-0.05, 0) is 30.2 Å². The first-order valence-corrected chi connectivity index (χ1v) is 8.21. The summed E-state index contributed by atoms with van der Waals surface area (Å²) in [5.41, 5.74) is 0.730. The first-order valence-electron chi connectivity index (χ1n) is 8.21. The standard InChI is InChI=1S/C18H18F3N5/c1-25(17-23-7-5-16(24-17)18(19,20)21)15-6-8-26(12-15)11-14-4-2-3-13(9-14)10-22/h2-5,7,9,15H,6,8,11-12H2,1H3. The Morgan fingerprint density at radius 2 is 2.15 bits per heavy atom. The van der Waals surface area contributed by atoms with Gasteiger partial charge in [0.05, 0.1) is 11.6 Å². The molecule has 0 amide bonds. The van der Waals surface area contributed by atoms with Gasteiger partial charge >= 0.3 is 6.18 Å². The summed E-state index contributed by atoms with van der Waals surface area (Å²) in [6.07, 6.45) is -2.53. The van der Waals surface area contributed by atoms with Gasteiger partial charge in [-0.1, -0.05) is 12.1 Å². The summed E-state index contributed by atoms with van der Waals surface area (Å²) in [7, 11) is 1.72. The Balaban J connectivity index is 1.66. The molecule has 1 fully saturated rings. The van der Waals surface area contributed by atoms with Crippen molar-refractivity contribution >= 4 is 5.95 Å². The lowest BCUT2D eigenvalue weighted by molar-refractivity contribution is -0.141. The van der Waals surface area contributed by atoms with E-state index < -0.39 is 11.9 Å². The Morgan fingerprint density at radius 1 is 1.35 bits per heavy atom. The molecule has 0 radical (unpaired) electrons. The molecule has 136 valence electrons. The van der Waals surface area contributed by atoms with E-state index >= 15 is 0 Å². The summed E-state index contributed by atoms with van der Waals surface area (Å²) in [5.74, 6) is 0.0816. The normalized spacial score (nSPS) is 17.9. The van der Waals surface area contributed by atoms with Crippen LogP contribution in [-0.4, -0.2) is 41.0 Å². The lowest BCUT2D eigenvalue weighted by Gasteiger charge is -2.25. The molecule has 0 spiro atoms. The van der Waals surface area contributed by atoms with Gasteiger partial charge in [0.15, 0.2) is 0 Å². The number of halogens is 3. The number of aromatic nitrogens is 2. The van der Waals surface area contributed by atoms with E-state index in [1.54, 1.807) is 18.0 Å². The summed E-state index contributed by atoms with van der Waals surface area (Å²) in [4.78, 5) is 11.6. The molecular formula is C18H18F3N5. The number of anilines is 1. The Kier molecular flexibility index (Phi) is 5.09. The fourth-order valence-corrected chi connectivity index (χ4v) is 3.11. The lowest BCUT2D eigenvalue weighted by atomic mass is 10.1. The minimum atomic E-state index is -4.48. The average Bonchev–Trinajstić information content (AvgIpc) is 3.09. The van der Waals surface area contributed by atoms with Crippen molar-refractivity contribution < 1.29 is 13.2 Å². The quantitative estimate of drug-likeness (QED) is 0.838. The SMILES string of the molecule is CN(c1nccc(C(F)(F)F)n1)C1CCN(Cc2cccc(C#N)c2)C1. The molecule has 0 bridgehead atoms. The van der Waals surface area contributed by atoms with Crippen LogP contribution in [0.3, 0.4) is 0 Å². The fraction of sp³-hybridized carbons (Fsp3) is 0.389. The molecule has 5 nitrogen and oxygen atoms in total. The Labute approximate surface area is 149 Å². The monoisotopic (exact) mass is 361 g/mol. The van der Waals surface area contributed by atoms with E-state index in [0.29, 0.717) is 18.7 Å². The van der Waals surface area contributed by atoms with Crippen molar-refractivity contribution in [3.05, 3.63) is 53.3 Å². The molecule has 1 unspecified atom stereocenters. The van der Waals surface area contributed by atoms with Crippen molar-refractivity contribution in [2.24, 2.45) is 0 Å². The molecule has 0 N–H and O–H groups in total. The van der Waals surface area contributed by atoms with Gasteiger partial charge in [-0.3, -0.25) is 4.90 Å². The number of likely N-dealkylation sites (N-methyl/N-ethyl adjacent to an activating group) is 1. The topological polar surface area (TPSA) is 56.1 Å². The predicted octanol–water partition coefficient (Wildman–Crippen LogP) is 3.08. The summed E-state index contributed by atoms with van der Waals surface area (Å²) in [6.45, 7) is 2.22. The van der Waals surface area contributed by atoms with Crippen molar-refractivity contribution in [1.29, 1.82) is 5.26 Å². The van der Waals surface area contributed by atoms with Crippen molar-refractivity contribution in [2.45, 2.75) is 25.2 Å². The van der Waals surface area contributed by atoms with Crippen LogP contribution in [-0.2, 0) is 12.7 Å². The Morgan fingerprint density at radius 3 is 2.88 bits per heavy atom. The Hall–Kier alpha value is -2.66.